The molecule has 180 valence electrons. The van der Waals surface area contributed by atoms with Gasteiger partial charge in [-0.1, -0.05) is 17.7 Å². The summed E-state index contributed by atoms with van der Waals surface area (Å²) in [6.07, 6.45) is 1.41. The number of aromatic nitrogens is 1. The standard InChI is InChI=1S/C25H23ClF2N6O/c1-14(2)33-24-19(9-16(26)13-32-24)18-5-4-15(12-29)8-22(18)34(25(33)35)23-20(27)10-17(11-21(23)28)31-7-6-30-3/h4-5,8-11,13-14,30-31H,6-7H2,1-3H3. The average Bonchev–Trinajstić information content (AvgIpc) is 2.91. The van der Waals surface area contributed by atoms with Crippen molar-refractivity contribution in [2.75, 3.05) is 35.3 Å². The molecular formula is C25H23ClF2N6O. The maximum absolute atomic E-state index is 15.5. The summed E-state index contributed by atoms with van der Waals surface area (Å²) in [5.41, 5.74) is 1.03. The Morgan fingerprint density at radius 2 is 1.83 bits per heavy atom. The van der Waals surface area contributed by atoms with Crippen molar-refractivity contribution in [1.29, 1.82) is 5.26 Å². The third-order valence-corrected chi connectivity index (χ3v) is 5.78. The Kier molecular flexibility index (Phi) is 6.87. The van der Waals surface area contributed by atoms with Crippen LogP contribution in [0.4, 0.5) is 36.5 Å². The first-order valence-electron chi connectivity index (χ1n) is 11.0. The highest BCUT2D eigenvalue weighted by atomic mass is 35.5. The lowest BCUT2D eigenvalue weighted by Gasteiger charge is -2.31. The van der Waals surface area contributed by atoms with Crippen molar-refractivity contribution >= 4 is 40.5 Å². The first-order chi connectivity index (χ1) is 16.8. The zero-order chi connectivity index (χ0) is 25.3. The second kappa shape index (κ2) is 9.86. The molecule has 0 radical (unpaired) electrons. The van der Waals surface area contributed by atoms with E-state index in [1.54, 1.807) is 39.1 Å². The maximum Gasteiger partial charge on any atom is 0.335 e. The third kappa shape index (κ3) is 4.50. The summed E-state index contributed by atoms with van der Waals surface area (Å²) in [4.78, 5) is 20.6. The van der Waals surface area contributed by atoms with Crippen molar-refractivity contribution in [3.63, 3.8) is 0 Å². The Labute approximate surface area is 206 Å². The number of nitriles is 1. The van der Waals surface area contributed by atoms with Crippen LogP contribution in [0.25, 0.3) is 11.1 Å². The van der Waals surface area contributed by atoms with Gasteiger partial charge in [0.15, 0.2) is 11.6 Å². The highest BCUT2D eigenvalue weighted by Crippen LogP contribution is 2.46. The quantitative estimate of drug-likeness (QED) is 0.429. The van der Waals surface area contributed by atoms with E-state index in [1.807, 2.05) is 6.07 Å². The van der Waals surface area contributed by atoms with E-state index < -0.39 is 29.4 Å². The van der Waals surface area contributed by atoms with E-state index in [0.717, 1.165) is 17.0 Å². The molecule has 0 saturated carbocycles. The molecule has 2 N–H and O–H groups in total. The highest BCUT2D eigenvalue weighted by Gasteiger charge is 2.38. The summed E-state index contributed by atoms with van der Waals surface area (Å²) < 4.78 is 31.0. The number of halogens is 3. The molecule has 1 aliphatic rings. The van der Waals surface area contributed by atoms with Crippen LogP contribution in [0.3, 0.4) is 0 Å². The fourth-order valence-corrected chi connectivity index (χ4v) is 4.19. The summed E-state index contributed by atoms with van der Waals surface area (Å²) in [6, 6.07) is 9.45. The molecule has 2 amide bonds. The molecule has 35 heavy (non-hydrogen) atoms. The first-order valence-corrected chi connectivity index (χ1v) is 11.4. The van der Waals surface area contributed by atoms with Crippen LogP contribution in [-0.2, 0) is 0 Å². The van der Waals surface area contributed by atoms with Gasteiger partial charge in [-0.25, -0.2) is 18.6 Å². The van der Waals surface area contributed by atoms with Gasteiger partial charge < -0.3 is 10.6 Å². The van der Waals surface area contributed by atoms with E-state index in [0.29, 0.717) is 35.1 Å². The van der Waals surface area contributed by atoms with Gasteiger partial charge in [-0.3, -0.25) is 9.80 Å². The zero-order valence-corrected chi connectivity index (χ0v) is 20.1. The number of pyridine rings is 1. The van der Waals surface area contributed by atoms with E-state index in [4.69, 9.17) is 11.6 Å². The van der Waals surface area contributed by atoms with Crippen LogP contribution in [0, 0.1) is 23.0 Å². The SMILES string of the molecule is CNCCNc1cc(F)c(N2C(=O)N(C(C)C)c3ncc(Cl)cc3-c3ccc(C#N)cc32)c(F)c1. The Balaban J connectivity index is 1.98. The van der Waals surface area contributed by atoms with Crippen LogP contribution in [0.5, 0.6) is 0 Å². The normalized spacial score (nSPS) is 12.8. The smallest absolute Gasteiger partial charge is 0.335 e. The largest absolute Gasteiger partial charge is 0.384 e. The van der Waals surface area contributed by atoms with E-state index in [2.05, 4.69) is 15.6 Å². The second-order valence-electron chi connectivity index (χ2n) is 8.27. The number of nitrogens with zero attached hydrogens (tertiary/aromatic N) is 4. The van der Waals surface area contributed by atoms with Gasteiger partial charge in [-0.05, 0) is 51.2 Å². The molecule has 0 spiro atoms. The molecule has 1 aliphatic heterocycles. The minimum absolute atomic E-state index is 0.149. The molecule has 0 atom stereocenters. The van der Waals surface area contributed by atoms with Crippen LogP contribution < -0.4 is 20.4 Å². The minimum atomic E-state index is -0.931. The monoisotopic (exact) mass is 496 g/mol. The molecule has 3 aromatic rings. The number of hydrogen-bond donors (Lipinski definition) is 2. The number of hydrogen-bond acceptors (Lipinski definition) is 5. The molecule has 0 aliphatic carbocycles. The van der Waals surface area contributed by atoms with Crippen molar-refractivity contribution in [3.05, 3.63) is 64.8 Å². The summed E-state index contributed by atoms with van der Waals surface area (Å²) in [5, 5.41) is 15.7. The lowest BCUT2D eigenvalue weighted by atomic mass is 10.0. The van der Waals surface area contributed by atoms with Gasteiger partial charge in [0.1, 0.15) is 11.5 Å². The molecule has 0 unspecified atom stereocenters. The van der Waals surface area contributed by atoms with Crippen molar-refractivity contribution < 1.29 is 13.6 Å². The number of fused-ring (bicyclic) bond motifs is 3. The Morgan fingerprint density at radius 3 is 2.46 bits per heavy atom. The predicted octanol–water partition coefficient (Wildman–Crippen LogP) is 5.67. The van der Waals surface area contributed by atoms with E-state index in [-0.39, 0.29) is 16.9 Å². The van der Waals surface area contributed by atoms with Crippen LogP contribution >= 0.6 is 11.6 Å². The fraction of sp³-hybridized carbons (Fsp3) is 0.240. The molecule has 10 heteroatoms. The van der Waals surface area contributed by atoms with Gasteiger partial charge in [0.05, 0.1) is 22.3 Å². The second-order valence-corrected chi connectivity index (χ2v) is 8.71. The van der Waals surface area contributed by atoms with Gasteiger partial charge in [-0.15, -0.1) is 0 Å². The van der Waals surface area contributed by atoms with Gasteiger partial charge in [0.2, 0.25) is 0 Å². The molecule has 4 rings (SSSR count). The van der Waals surface area contributed by atoms with Gasteiger partial charge >= 0.3 is 6.03 Å². The predicted molar refractivity (Wildman–Crippen MR) is 133 cm³/mol. The van der Waals surface area contributed by atoms with Crippen LogP contribution in [0.1, 0.15) is 19.4 Å². The molecule has 1 aromatic heterocycles. The number of likely N-dealkylation sites (N-methyl/N-ethyl adjacent to an activating group) is 1. The molecule has 0 bridgehead atoms. The lowest BCUT2D eigenvalue weighted by Crippen LogP contribution is -2.45. The number of carbonyl (C=O) groups excluding carboxylic acids is 1. The van der Waals surface area contributed by atoms with Crippen LogP contribution in [0.2, 0.25) is 5.02 Å². The number of amides is 2. The summed E-state index contributed by atoms with van der Waals surface area (Å²) in [7, 11) is 1.77. The molecule has 0 saturated heterocycles. The topological polar surface area (TPSA) is 84.3 Å². The average molecular weight is 497 g/mol. The van der Waals surface area contributed by atoms with Crippen LogP contribution in [-0.4, -0.2) is 37.2 Å². The summed E-state index contributed by atoms with van der Waals surface area (Å²) in [6.45, 7) is 4.59. The lowest BCUT2D eigenvalue weighted by molar-refractivity contribution is 0.251. The van der Waals surface area contributed by atoms with Crippen molar-refractivity contribution in [3.8, 4) is 17.2 Å². The number of anilines is 4. The van der Waals surface area contributed by atoms with E-state index in [9.17, 15) is 10.1 Å². The van der Waals surface area contributed by atoms with Crippen LogP contribution in [0.15, 0.2) is 42.6 Å². The zero-order valence-electron chi connectivity index (χ0n) is 19.4. The summed E-state index contributed by atoms with van der Waals surface area (Å²) in [5.74, 6) is -1.56. The Hall–Kier alpha value is -3.74. The molecule has 0 fully saturated rings. The summed E-state index contributed by atoms with van der Waals surface area (Å²) >= 11 is 6.23. The third-order valence-electron chi connectivity index (χ3n) is 5.58. The molecule has 7 nitrogen and oxygen atoms in total. The van der Waals surface area contributed by atoms with E-state index in [1.165, 1.54) is 17.2 Å². The van der Waals surface area contributed by atoms with Crippen molar-refractivity contribution in [1.82, 2.24) is 10.3 Å². The minimum Gasteiger partial charge on any atom is -0.384 e. The first kappa shape index (κ1) is 24.4. The van der Waals surface area contributed by atoms with Gasteiger partial charge in [0.25, 0.3) is 0 Å². The maximum atomic E-state index is 15.5. The fourth-order valence-electron chi connectivity index (χ4n) is 4.03. The van der Waals surface area contributed by atoms with Gasteiger partial charge in [0, 0.05) is 42.1 Å². The number of rotatable bonds is 6. The highest BCUT2D eigenvalue weighted by molar-refractivity contribution is 6.31. The van der Waals surface area contributed by atoms with E-state index >= 15 is 8.78 Å². The Bertz CT molecular complexity index is 1320. The van der Waals surface area contributed by atoms with Gasteiger partial charge in [-0.2, -0.15) is 5.26 Å². The van der Waals surface area contributed by atoms with Crippen molar-refractivity contribution in [2.45, 2.75) is 19.9 Å². The number of carbonyl (C=O) groups is 1. The number of nitrogens with one attached hydrogen (secondary N) is 2. The molecular weight excluding hydrogens is 474 g/mol. The Morgan fingerprint density at radius 1 is 1.11 bits per heavy atom. The number of benzene rings is 2. The molecule has 2 heterocycles. The van der Waals surface area contributed by atoms with Crippen molar-refractivity contribution in [2.24, 2.45) is 0 Å². The molecule has 2 aromatic carbocycles. The number of urea groups is 1.